The Balaban J connectivity index is 2.52. The second-order valence-electron chi connectivity index (χ2n) is 3.61. The van der Waals surface area contributed by atoms with Crippen LogP contribution >= 0.6 is 11.3 Å². The highest BCUT2D eigenvalue weighted by Crippen LogP contribution is 2.31. The first-order chi connectivity index (χ1) is 9.01. The molecule has 1 aromatic carbocycles. The lowest BCUT2D eigenvalue weighted by Gasteiger charge is -2.03. The molecule has 0 radical (unpaired) electrons. The van der Waals surface area contributed by atoms with Crippen molar-refractivity contribution in [1.82, 2.24) is 4.98 Å². The smallest absolute Gasteiger partial charge is 0.350 e. The minimum Gasteiger partial charge on any atom is -0.462 e. The number of hydrogen-bond donors (Lipinski definition) is 1. The van der Waals surface area contributed by atoms with Crippen molar-refractivity contribution in [1.29, 1.82) is 0 Å². The molecule has 2 aromatic rings. The molecule has 0 spiro atoms. The van der Waals surface area contributed by atoms with Crippen molar-refractivity contribution in [3.63, 3.8) is 0 Å². The lowest BCUT2D eigenvalue weighted by molar-refractivity contribution is 0.0532. The van der Waals surface area contributed by atoms with E-state index in [2.05, 4.69) is 4.98 Å². The highest BCUT2D eigenvalue weighted by atomic mass is 32.1. The summed E-state index contributed by atoms with van der Waals surface area (Å²) in [5.74, 6) is -2.12. The number of nitrogens with zero attached hydrogens (tertiary/aromatic N) is 1. The van der Waals surface area contributed by atoms with E-state index >= 15 is 0 Å². The topological polar surface area (TPSA) is 65.2 Å². The third-order valence-electron chi connectivity index (χ3n) is 2.24. The normalized spacial score (nSPS) is 10.5. The fraction of sp³-hybridized carbons (Fsp3) is 0.167. The van der Waals surface area contributed by atoms with E-state index in [1.807, 2.05) is 0 Å². The molecule has 7 heteroatoms. The van der Waals surface area contributed by atoms with Crippen LogP contribution in [0, 0.1) is 11.6 Å². The van der Waals surface area contributed by atoms with Crippen molar-refractivity contribution < 1.29 is 18.3 Å². The second-order valence-corrected chi connectivity index (χ2v) is 4.64. The Morgan fingerprint density at radius 1 is 1.37 bits per heavy atom. The third kappa shape index (κ3) is 2.87. The minimum absolute atomic E-state index is 0.124. The molecular formula is C12H10F2N2O2S. The Morgan fingerprint density at radius 3 is 2.58 bits per heavy atom. The van der Waals surface area contributed by atoms with E-state index in [9.17, 15) is 13.6 Å². The molecule has 0 aliphatic heterocycles. The lowest BCUT2D eigenvalue weighted by atomic mass is 10.1. The summed E-state index contributed by atoms with van der Waals surface area (Å²) < 4.78 is 31.2. The van der Waals surface area contributed by atoms with Gasteiger partial charge in [-0.1, -0.05) is 11.3 Å². The first-order valence-corrected chi connectivity index (χ1v) is 6.22. The van der Waals surface area contributed by atoms with Crippen molar-refractivity contribution in [2.24, 2.45) is 0 Å². The van der Waals surface area contributed by atoms with Crippen molar-refractivity contribution in [3.8, 4) is 11.3 Å². The Bertz CT molecular complexity index is 608. The highest BCUT2D eigenvalue weighted by Gasteiger charge is 2.20. The summed E-state index contributed by atoms with van der Waals surface area (Å²) in [5, 5.41) is 0.128. The zero-order chi connectivity index (χ0) is 14.0. The van der Waals surface area contributed by atoms with Gasteiger partial charge in [0.25, 0.3) is 0 Å². The van der Waals surface area contributed by atoms with Crippen LogP contribution in [0.25, 0.3) is 11.3 Å². The number of carbonyl (C=O) groups excluding carboxylic acids is 1. The van der Waals surface area contributed by atoms with Crippen LogP contribution in [-0.2, 0) is 4.74 Å². The number of ether oxygens (including phenoxy) is 1. The Kier molecular flexibility index (Phi) is 3.75. The number of nitrogen functional groups attached to an aromatic ring is 1. The van der Waals surface area contributed by atoms with Gasteiger partial charge in [0.15, 0.2) is 5.13 Å². The van der Waals surface area contributed by atoms with Crippen LogP contribution in [-0.4, -0.2) is 17.6 Å². The van der Waals surface area contributed by atoms with Gasteiger partial charge in [-0.15, -0.1) is 0 Å². The molecule has 4 nitrogen and oxygen atoms in total. The van der Waals surface area contributed by atoms with E-state index in [1.54, 1.807) is 6.92 Å². The molecule has 0 aliphatic rings. The summed E-state index contributed by atoms with van der Waals surface area (Å²) in [6.45, 7) is 1.84. The predicted molar refractivity (Wildman–Crippen MR) is 67.8 cm³/mol. The van der Waals surface area contributed by atoms with E-state index < -0.39 is 17.6 Å². The van der Waals surface area contributed by atoms with Gasteiger partial charge < -0.3 is 10.5 Å². The van der Waals surface area contributed by atoms with Gasteiger partial charge in [0, 0.05) is 11.6 Å². The second kappa shape index (κ2) is 5.31. The summed E-state index contributed by atoms with van der Waals surface area (Å²) >= 11 is 0.916. The standard InChI is InChI=1S/C12H10F2N2O2S/c1-2-18-11(17)10-9(16-12(15)19-10)6-3-7(13)5-8(14)4-6/h3-5H,2H2,1H3,(H2,15,16). The summed E-state index contributed by atoms with van der Waals surface area (Å²) in [6.07, 6.45) is 0. The molecule has 19 heavy (non-hydrogen) atoms. The number of nitrogens with two attached hydrogens (primary N) is 1. The first-order valence-electron chi connectivity index (χ1n) is 5.41. The van der Waals surface area contributed by atoms with Crippen LogP contribution in [0.15, 0.2) is 18.2 Å². The number of hydrogen-bond acceptors (Lipinski definition) is 5. The largest absolute Gasteiger partial charge is 0.462 e. The van der Waals surface area contributed by atoms with Crippen molar-refractivity contribution in [3.05, 3.63) is 34.7 Å². The number of benzene rings is 1. The van der Waals surface area contributed by atoms with E-state index in [0.29, 0.717) is 0 Å². The number of esters is 1. The summed E-state index contributed by atoms with van der Waals surface area (Å²) in [4.78, 5) is 15.8. The number of thiazole rings is 1. The molecular weight excluding hydrogens is 274 g/mol. The third-order valence-corrected chi connectivity index (χ3v) is 3.11. The highest BCUT2D eigenvalue weighted by molar-refractivity contribution is 7.17. The zero-order valence-corrected chi connectivity index (χ0v) is 10.8. The van der Waals surface area contributed by atoms with Gasteiger partial charge in [0.2, 0.25) is 0 Å². The van der Waals surface area contributed by atoms with E-state index in [1.165, 1.54) is 0 Å². The Hall–Kier alpha value is -2.02. The average Bonchev–Trinajstić information content (AvgIpc) is 2.70. The fourth-order valence-electron chi connectivity index (χ4n) is 1.56. The number of carbonyl (C=O) groups is 1. The maximum absolute atomic E-state index is 13.2. The molecule has 0 aliphatic carbocycles. The van der Waals surface area contributed by atoms with Crippen LogP contribution in [0.5, 0.6) is 0 Å². The Morgan fingerprint density at radius 2 is 2.00 bits per heavy atom. The van der Waals surface area contributed by atoms with Crippen LogP contribution in [0.2, 0.25) is 0 Å². The molecule has 2 rings (SSSR count). The van der Waals surface area contributed by atoms with Crippen molar-refractivity contribution in [2.75, 3.05) is 12.3 Å². The monoisotopic (exact) mass is 284 g/mol. The van der Waals surface area contributed by atoms with Gasteiger partial charge in [-0.3, -0.25) is 0 Å². The van der Waals surface area contributed by atoms with Gasteiger partial charge >= 0.3 is 5.97 Å². The first kappa shape index (κ1) is 13.4. The van der Waals surface area contributed by atoms with Gasteiger partial charge in [-0.25, -0.2) is 18.6 Å². The molecule has 0 saturated carbocycles. The van der Waals surface area contributed by atoms with Crippen LogP contribution in [0.4, 0.5) is 13.9 Å². The fourth-order valence-corrected chi connectivity index (χ4v) is 2.31. The van der Waals surface area contributed by atoms with E-state index in [0.717, 1.165) is 29.5 Å². The SMILES string of the molecule is CCOC(=O)c1sc(N)nc1-c1cc(F)cc(F)c1. The van der Waals surface area contributed by atoms with Gasteiger partial charge in [-0.2, -0.15) is 0 Å². The molecule has 0 saturated heterocycles. The molecule has 0 amide bonds. The molecule has 2 N–H and O–H groups in total. The number of rotatable bonds is 3. The van der Waals surface area contributed by atoms with Crippen LogP contribution in [0.1, 0.15) is 16.6 Å². The number of halogens is 2. The van der Waals surface area contributed by atoms with Crippen LogP contribution in [0.3, 0.4) is 0 Å². The molecule has 1 heterocycles. The quantitative estimate of drug-likeness (QED) is 0.880. The average molecular weight is 284 g/mol. The molecule has 0 unspecified atom stereocenters. The zero-order valence-electron chi connectivity index (χ0n) is 9.94. The summed E-state index contributed by atoms with van der Waals surface area (Å²) in [5.41, 5.74) is 5.81. The van der Waals surface area contributed by atoms with Crippen LogP contribution < -0.4 is 5.73 Å². The Labute approximate surface area is 111 Å². The summed E-state index contributed by atoms with van der Waals surface area (Å²) in [7, 11) is 0. The number of aromatic nitrogens is 1. The van der Waals surface area contributed by atoms with Crippen molar-refractivity contribution >= 4 is 22.4 Å². The predicted octanol–water partition coefficient (Wildman–Crippen LogP) is 2.85. The summed E-state index contributed by atoms with van der Waals surface area (Å²) in [6, 6.07) is 2.91. The molecule has 0 atom stereocenters. The maximum atomic E-state index is 13.2. The van der Waals surface area contributed by atoms with E-state index in [-0.39, 0.29) is 27.9 Å². The lowest BCUT2D eigenvalue weighted by Crippen LogP contribution is -2.04. The van der Waals surface area contributed by atoms with Gasteiger partial charge in [0.05, 0.1) is 12.3 Å². The van der Waals surface area contributed by atoms with Gasteiger partial charge in [-0.05, 0) is 19.1 Å². The number of anilines is 1. The van der Waals surface area contributed by atoms with E-state index in [4.69, 9.17) is 10.5 Å². The molecule has 100 valence electrons. The van der Waals surface area contributed by atoms with Crippen molar-refractivity contribution in [2.45, 2.75) is 6.92 Å². The molecule has 0 bridgehead atoms. The van der Waals surface area contributed by atoms with Gasteiger partial charge in [0.1, 0.15) is 16.5 Å². The molecule has 0 fully saturated rings. The minimum atomic E-state index is -0.753. The molecule has 1 aromatic heterocycles. The maximum Gasteiger partial charge on any atom is 0.350 e.